The molecular formula is C32H45F4N5O9. The van der Waals surface area contributed by atoms with Crippen molar-refractivity contribution < 1.29 is 60.5 Å². The Balaban J connectivity index is 1.82. The fraction of sp³-hybridized carbons (Fsp3) is 0.656. The van der Waals surface area contributed by atoms with E-state index in [1.54, 1.807) is 54.4 Å². The molecule has 280 valence electrons. The zero-order valence-electron chi connectivity index (χ0n) is 28.3. The van der Waals surface area contributed by atoms with Crippen LogP contribution in [0.15, 0.2) is 30.3 Å². The number of halogens is 4. The van der Waals surface area contributed by atoms with E-state index in [0.29, 0.717) is 39.0 Å². The maximum atomic E-state index is 15.0. The van der Waals surface area contributed by atoms with Crippen molar-refractivity contribution in [3.8, 4) is 0 Å². The molecule has 1 aromatic rings. The molecule has 0 unspecified atom stereocenters. The molecule has 0 aromatic heterocycles. The Morgan fingerprint density at radius 2 is 1.52 bits per heavy atom. The molecule has 2 fully saturated rings. The van der Waals surface area contributed by atoms with E-state index < -0.39 is 78.5 Å². The number of rotatable bonds is 20. The second kappa shape index (κ2) is 18.5. The zero-order valence-corrected chi connectivity index (χ0v) is 28.3. The summed E-state index contributed by atoms with van der Waals surface area (Å²) < 4.78 is 75.1. The highest BCUT2D eigenvalue weighted by atomic mass is 19.3. The summed E-state index contributed by atoms with van der Waals surface area (Å²) in [5.74, 6) is -5.36. The molecule has 0 spiro atoms. The van der Waals surface area contributed by atoms with Gasteiger partial charge >= 0.3 is 12.7 Å². The van der Waals surface area contributed by atoms with Crippen LogP contribution in [0.3, 0.4) is 0 Å². The van der Waals surface area contributed by atoms with E-state index in [1.807, 2.05) is 0 Å². The van der Waals surface area contributed by atoms with Gasteiger partial charge < -0.3 is 40.2 Å². The van der Waals surface area contributed by atoms with Crippen molar-refractivity contribution >= 4 is 29.4 Å². The number of ether oxygens (including phenoxy) is 4. The number of hydrogen-bond acceptors (Lipinski definition) is 10. The van der Waals surface area contributed by atoms with Crippen LogP contribution in [-0.2, 0) is 49.3 Å². The van der Waals surface area contributed by atoms with Crippen molar-refractivity contribution in [2.75, 3.05) is 53.2 Å². The fourth-order valence-corrected chi connectivity index (χ4v) is 5.13. The summed E-state index contributed by atoms with van der Waals surface area (Å²) in [5.41, 5.74) is -0.623. The van der Waals surface area contributed by atoms with Gasteiger partial charge in [0, 0.05) is 26.6 Å². The van der Waals surface area contributed by atoms with Gasteiger partial charge in [-0.3, -0.25) is 28.9 Å². The van der Waals surface area contributed by atoms with Crippen LogP contribution in [0.25, 0.3) is 0 Å². The Labute approximate surface area is 287 Å². The van der Waals surface area contributed by atoms with Crippen LogP contribution in [0.2, 0.25) is 0 Å². The Hall–Kier alpha value is -3.71. The fourth-order valence-electron chi connectivity index (χ4n) is 5.13. The summed E-state index contributed by atoms with van der Waals surface area (Å²) in [6.07, 6.45) is -4.41. The molecule has 2 aliphatic heterocycles. The number of ketones is 1. The maximum absolute atomic E-state index is 15.0. The number of benzene rings is 1. The van der Waals surface area contributed by atoms with E-state index >= 15 is 8.78 Å². The Kier molecular flexibility index (Phi) is 15.1. The third-order valence-electron chi connectivity index (χ3n) is 8.02. The summed E-state index contributed by atoms with van der Waals surface area (Å²) in [7, 11) is 0.565. The minimum atomic E-state index is -4.37. The maximum Gasteiger partial charge on any atom is 0.384 e. The average molecular weight is 720 g/mol. The number of epoxide rings is 1. The first-order chi connectivity index (χ1) is 23.5. The lowest BCUT2D eigenvalue weighted by Gasteiger charge is -2.30. The minimum absolute atomic E-state index is 0.0454. The Morgan fingerprint density at radius 1 is 0.920 bits per heavy atom. The highest BCUT2D eigenvalue weighted by Gasteiger charge is 2.52. The lowest BCUT2D eigenvalue weighted by atomic mass is 9.93. The quantitative estimate of drug-likeness (QED) is 0.109. The van der Waals surface area contributed by atoms with Crippen LogP contribution in [0.4, 0.5) is 17.6 Å². The number of carbonyl (C=O) groups excluding carboxylic acids is 5. The third-order valence-corrected chi connectivity index (χ3v) is 8.02. The molecule has 18 heteroatoms. The molecule has 0 bridgehead atoms. The third kappa shape index (κ3) is 12.6. The lowest BCUT2D eigenvalue weighted by molar-refractivity contribution is -0.238. The van der Waals surface area contributed by atoms with E-state index in [2.05, 4.69) is 25.4 Å². The van der Waals surface area contributed by atoms with E-state index in [1.165, 1.54) is 6.92 Å². The average Bonchev–Trinajstić information content (AvgIpc) is 3.82. The number of alkyl halides is 4. The van der Waals surface area contributed by atoms with Gasteiger partial charge in [-0.05, 0) is 24.8 Å². The molecule has 0 saturated carbocycles. The van der Waals surface area contributed by atoms with Crippen molar-refractivity contribution in [2.24, 2.45) is 5.92 Å². The normalized spacial score (nSPS) is 20.4. The van der Waals surface area contributed by atoms with E-state index in [4.69, 9.17) is 9.47 Å². The van der Waals surface area contributed by atoms with Crippen LogP contribution < -0.4 is 21.3 Å². The van der Waals surface area contributed by atoms with E-state index in [-0.39, 0.29) is 31.9 Å². The van der Waals surface area contributed by atoms with Crippen molar-refractivity contribution in [1.29, 1.82) is 0 Å². The Bertz CT molecular complexity index is 1310. The first-order valence-corrected chi connectivity index (χ1v) is 16.1. The minimum Gasteiger partial charge on any atom is -0.379 e. The van der Waals surface area contributed by atoms with Gasteiger partial charge in [0.25, 0.3) is 5.91 Å². The first-order valence-electron chi connectivity index (χ1n) is 16.1. The van der Waals surface area contributed by atoms with Crippen LogP contribution in [0, 0.1) is 5.92 Å². The van der Waals surface area contributed by atoms with Crippen molar-refractivity contribution in [3.05, 3.63) is 35.9 Å². The van der Waals surface area contributed by atoms with Gasteiger partial charge in [-0.2, -0.15) is 17.6 Å². The van der Waals surface area contributed by atoms with Crippen molar-refractivity contribution in [1.82, 2.24) is 26.2 Å². The topological polar surface area (TPSA) is 177 Å². The van der Waals surface area contributed by atoms with Crippen LogP contribution >= 0.6 is 0 Å². The van der Waals surface area contributed by atoms with Gasteiger partial charge in [-0.15, -0.1) is 0 Å². The predicted octanol–water partition coefficient (Wildman–Crippen LogP) is 0.383. The monoisotopic (exact) mass is 719 g/mol. The number of carbonyl (C=O) groups is 5. The van der Waals surface area contributed by atoms with Crippen molar-refractivity contribution in [2.45, 2.75) is 76.1 Å². The molecule has 0 radical (unpaired) electrons. The molecule has 50 heavy (non-hydrogen) atoms. The molecule has 4 N–H and O–H groups in total. The van der Waals surface area contributed by atoms with Crippen LogP contribution in [0.5, 0.6) is 0 Å². The highest BCUT2D eigenvalue weighted by Crippen LogP contribution is 2.30. The first kappa shape index (κ1) is 40.7. The number of amides is 4. The molecular weight excluding hydrogens is 674 g/mol. The summed E-state index contributed by atoms with van der Waals surface area (Å²) in [6, 6.07) is 0.969. The van der Waals surface area contributed by atoms with Gasteiger partial charge in [-0.25, -0.2) is 0 Å². The number of nitrogens with one attached hydrogen (secondary N) is 4. The SMILES string of the molecule is COC(F)(F)[C@@H](NC(=O)[C@H](COC(F)F)NC(=O)[C@H](Cc1ccccc1)NC(=O)CN1CCOCC1)C(=O)N[C@@H](CC(C)C)C(=O)[C@@]1(C)CO1. The predicted molar refractivity (Wildman–Crippen MR) is 168 cm³/mol. The number of nitrogens with zero attached hydrogens (tertiary/aromatic N) is 1. The highest BCUT2D eigenvalue weighted by molar-refractivity contribution is 5.99. The molecule has 0 aliphatic carbocycles. The van der Waals surface area contributed by atoms with Gasteiger partial charge in [-0.1, -0.05) is 44.2 Å². The number of hydrogen-bond donors (Lipinski definition) is 4. The second-order valence-electron chi connectivity index (χ2n) is 12.6. The van der Waals surface area contributed by atoms with Crippen LogP contribution in [-0.4, -0.2) is 130 Å². The number of Topliss-reactive ketones (excluding diaryl/α,β-unsaturated/α-hetero) is 1. The van der Waals surface area contributed by atoms with Crippen molar-refractivity contribution in [3.63, 3.8) is 0 Å². The summed E-state index contributed by atoms with van der Waals surface area (Å²) in [5, 5.41) is 8.75. The zero-order chi connectivity index (χ0) is 37.1. The van der Waals surface area contributed by atoms with Crippen LogP contribution in [0.1, 0.15) is 32.8 Å². The molecule has 1 aromatic carbocycles. The molecule has 14 nitrogen and oxygen atoms in total. The van der Waals surface area contributed by atoms with E-state index in [0.717, 1.165) is 0 Å². The van der Waals surface area contributed by atoms with Gasteiger partial charge in [0.1, 0.15) is 17.7 Å². The largest absolute Gasteiger partial charge is 0.384 e. The summed E-state index contributed by atoms with van der Waals surface area (Å²) >= 11 is 0. The standard InChI is InChI=1S/C32H45F4N5O9/c1-19(2)14-21(26(43)31(3)18-50-31)38-29(46)25(32(35,36)47-4)40-28(45)23(17-49-30(33)34)39-27(44)22(15-20-8-6-5-7-9-20)37-24(42)16-41-10-12-48-13-11-41/h5-9,19,21-23,25,30H,10-18H2,1-4H3,(H,37,42)(H,38,46)(H,39,44)(H,40,45)/t21-,22-,23-,25-,31+/m0/s1. The summed E-state index contributed by atoms with van der Waals surface area (Å²) in [4.78, 5) is 67.9. The van der Waals surface area contributed by atoms with E-state index in [9.17, 15) is 32.8 Å². The smallest absolute Gasteiger partial charge is 0.379 e. The molecule has 2 aliphatic rings. The Morgan fingerprint density at radius 3 is 2.08 bits per heavy atom. The molecule has 3 rings (SSSR count). The molecule has 5 atom stereocenters. The van der Waals surface area contributed by atoms with Gasteiger partial charge in [0.05, 0.1) is 39.0 Å². The summed E-state index contributed by atoms with van der Waals surface area (Å²) in [6.45, 7) is 2.05. The molecule has 2 saturated heterocycles. The lowest BCUT2D eigenvalue weighted by Crippen LogP contribution is -2.64. The van der Waals surface area contributed by atoms with Gasteiger partial charge in [0.15, 0.2) is 11.8 Å². The second-order valence-corrected chi connectivity index (χ2v) is 12.6. The van der Waals surface area contributed by atoms with Gasteiger partial charge in [0.2, 0.25) is 17.7 Å². The molecule has 2 heterocycles. The molecule has 4 amide bonds. The number of morpholine rings is 1. The number of methoxy groups -OCH3 is 1.